The minimum absolute atomic E-state index is 0.119. The highest BCUT2D eigenvalue weighted by molar-refractivity contribution is 8.01. The van der Waals surface area contributed by atoms with Crippen molar-refractivity contribution in [1.29, 1.82) is 0 Å². The third kappa shape index (κ3) is 4.52. The van der Waals surface area contributed by atoms with E-state index in [1.807, 2.05) is 28.8 Å². The SMILES string of the molecule is O=C(Nc1ccc2nc(SCC(=O)n3c4c(c5ccccc53)CCCC4)sc2c1)C1CCCCC1. The summed E-state index contributed by atoms with van der Waals surface area (Å²) in [5.41, 5.74) is 5.32. The van der Waals surface area contributed by atoms with Crippen LogP contribution in [0.15, 0.2) is 46.8 Å². The van der Waals surface area contributed by atoms with Crippen LogP contribution < -0.4 is 5.32 Å². The van der Waals surface area contributed by atoms with Crippen LogP contribution in [-0.4, -0.2) is 27.1 Å². The van der Waals surface area contributed by atoms with Crippen LogP contribution in [0.3, 0.4) is 0 Å². The van der Waals surface area contributed by atoms with Crippen molar-refractivity contribution in [3.8, 4) is 0 Å². The number of fused-ring (bicyclic) bond motifs is 4. The quantitative estimate of drug-likeness (QED) is 0.296. The largest absolute Gasteiger partial charge is 0.326 e. The van der Waals surface area contributed by atoms with Crippen LogP contribution >= 0.6 is 23.1 Å². The smallest absolute Gasteiger partial charge is 0.241 e. The molecule has 1 amide bonds. The zero-order valence-corrected chi connectivity index (χ0v) is 21.4. The number of aryl methyl sites for hydroxylation is 1. The summed E-state index contributed by atoms with van der Waals surface area (Å²) in [7, 11) is 0. The van der Waals surface area contributed by atoms with E-state index in [9.17, 15) is 9.59 Å². The van der Waals surface area contributed by atoms with E-state index < -0.39 is 0 Å². The topological polar surface area (TPSA) is 64.0 Å². The highest BCUT2D eigenvalue weighted by atomic mass is 32.2. The predicted octanol–water partition coefficient (Wildman–Crippen LogP) is 7.08. The monoisotopic (exact) mass is 503 g/mol. The van der Waals surface area contributed by atoms with Gasteiger partial charge in [0, 0.05) is 22.7 Å². The van der Waals surface area contributed by atoms with Crippen LogP contribution in [0.2, 0.25) is 0 Å². The zero-order chi connectivity index (χ0) is 23.8. The fraction of sp³-hybridized carbons (Fsp3) is 0.393. The van der Waals surface area contributed by atoms with Crippen molar-refractivity contribution in [2.75, 3.05) is 11.1 Å². The van der Waals surface area contributed by atoms with E-state index in [0.29, 0.717) is 5.75 Å². The fourth-order valence-electron chi connectivity index (χ4n) is 5.62. The molecule has 0 bridgehead atoms. The molecule has 2 aliphatic rings. The van der Waals surface area contributed by atoms with E-state index in [1.54, 1.807) is 11.3 Å². The highest BCUT2D eigenvalue weighted by Gasteiger charge is 2.24. The maximum Gasteiger partial charge on any atom is 0.241 e. The molecule has 0 radical (unpaired) electrons. The lowest BCUT2D eigenvalue weighted by Crippen LogP contribution is -2.24. The lowest BCUT2D eigenvalue weighted by Gasteiger charge is -2.20. The summed E-state index contributed by atoms with van der Waals surface area (Å²) >= 11 is 3.09. The van der Waals surface area contributed by atoms with E-state index in [4.69, 9.17) is 4.98 Å². The molecule has 2 aliphatic carbocycles. The number of hydrogen-bond donors (Lipinski definition) is 1. The summed E-state index contributed by atoms with van der Waals surface area (Å²) < 4.78 is 3.88. The lowest BCUT2D eigenvalue weighted by molar-refractivity contribution is -0.120. The van der Waals surface area contributed by atoms with Gasteiger partial charge in [0.05, 0.1) is 21.5 Å². The Balaban J connectivity index is 1.17. The molecule has 0 saturated heterocycles. The predicted molar refractivity (Wildman–Crippen MR) is 145 cm³/mol. The number of carbonyl (C=O) groups excluding carboxylic acids is 2. The second-order valence-electron chi connectivity index (χ2n) is 9.65. The standard InChI is InChI=1S/C28H29N3O2S2/c32-26(31-23-12-6-4-10-20(23)21-11-5-7-13-24(21)31)17-34-28-30-22-15-14-19(16-25(22)35-28)29-27(33)18-8-2-1-3-9-18/h4,6,10,12,14-16,18H,1-3,5,7-9,11,13,17H2,(H,29,33). The van der Waals surface area contributed by atoms with Crippen LogP contribution in [0.25, 0.3) is 21.1 Å². The van der Waals surface area contributed by atoms with E-state index in [2.05, 4.69) is 23.5 Å². The van der Waals surface area contributed by atoms with E-state index in [0.717, 1.165) is 70.7 Å². The first-order valence-corrected chi connectivity index (χ1v) is 14.5. The van der Waals surface area contributed by atoms with Crippen molar-refractivity contribution in [3.05, 3.63) is 53.7 Å². The Morgan fingerprint density at radius 1 is 1.03 bits per heavy atom. The molecule has 35 heavy (non-hydrogen) atoms. The summed E-state index contributed by atoms with van der Waals surface area (Å²) in [4.78, 5) is 30.7. The average Bonchev–Trinajstić information content (AvgIpc) is 3.46. The van der Waals surface area contributed by atoms with Crippen molar-refractivity contribution in [2.45, 2.75) is 62.1 Å². The third-order valence-corrected chi connectivity index (χ3v) is 9.51. The summed E-state index contributed by atoms with van der Waals surface area (Å²) in [5.74, 6) is 0.745. The fourth-order valence-corrected chi connectivity index (χ4v) is 7.58. The van der Waals surface area contributed by atoms with Gasteiger partial charge in [-0.3, -0.25) is 14.2 Å². The van der Waals surface area contributed by atoms with E-state index in [-0.39, 0.29) is 17.7 Å². The number of thioether (sulfide) groups is 1. The third-order valence-electron chi connectivity index (χ3n) is 7.36. The van der Waals surface area contributed by atoms with Gasteiger partial charge in [0.15, 0.2) is 4.34 Å². The average molecular weight is 504 g/mol. The molecule has 0 unspecified atom stereocenters. The van der Waals surface area contributed by atoms with Crippen molar-refractivity contribution < 1.29 is 9.59 Å². The van der Waals surface area contributed by atoms with Crippen LogP contribution in [0.4, 0.5) is 5.69 Å². The number of anilines is 1. The lowest BCUT2D eigenvalue weighted by atomic mass is 9.88. The van der Waals surface area contributed by atoms with Gasteiger partial charge < -0.3 is 5.32 Å². The number of benzene rings is 2. The van der Waals surface area contributed by atoms with Crippen LogP contribution in [0.1, 0.15) is 61.0 Å². The number of nitrogens with one attached hydrogen (secondary N) is 1. The minimum Gasteiger partial charge on any atom is -0.326 e. The number of carbonyl (C=O) groups is 2. The number of nitrogens with zero attached hydrogens (tertiary/aromatic N) is 2. The van der Waals surface area contributed by atoms with Crippen LogP contribution in [-0.2, 0) is 17.6 Å². The molecular weight excluding hydrogens is 474 g/mol. The number of para-hydroxylation sites is 1. The molecule has 0 atom stereocenters. The van der Waals surface area contributed by atoms with Gasteiger partial charge in [-0.2, -0.15) is 0 Å². The first-order chi connectivity index (χ1) is 17.2. The number of rotatable bonds is 5. The van der Waals surface area contributed by atoms with Gasteiger partial charge in [-0.05, 0) is 68.4 Å². The molecule has 5 nitrogen and oxygen atoms in total. The van der Waals surface area contributed by atoms with Crippen molar-refractivity contribution in [2.24, 2.45) is 5.92 Å². The summed E-state index contributed by atoms with van der Waals surface area (Å²) in [6, 6.07) is 14.2. The number of amides is 1. The Morgan fingerprint density at radius 2 is 1.86 bits per heavy atom. The molecular formula is C28H29N3O2S2. The Hall–Kier alpha value is -2.64. The molecule has 2 aromatic heterocycles. The maximum absolute atomic E-state index is 13.4. The molecule has 0 spiro atoms. The van der Waals surface area contributed by atoms with Crippen LogP contribution in [0.5, 0.6) is 0 Å². The van der Waals surface area contributed by atoms with Gasteiger partial charge in [0.25, 0.3) is 0 Å². The van der Waals surface area contributed by atoms with Crippen molar-refractivity contribution >= 4 is 61.7 Å². The maximum atomic E-state index is 13.4. The molecule has 2 heterocycles. The van der Waals surface area contributed by atoms with Gasteiger partial charge in [-0.15, -0.1) is 11.3 Å². The molecule has 0 aliphatic heterocycles. The Kier molecular flexibility index (Phi) is 6.37. The Bertz CT molecular complexity index is 1410. The molecule has 180 valence electrons. The molecule has 1 N–H and O–H groups in total. The van der Waals surface area contributed by atoms with Gasteiger partial charge in [-0.1, -0.05) is 49.2 Å². The molecule has 7 heteroatoms. The first kappa shape index (κ1) is 22.8. The number of aromatic nitrogens is 2. The Morgan fingerprint density at radius 3 is 2.74 bits per heavy atom. The summed E-state index contributed by atoms with van der Waals surface area (Å²) in [6.45, 7) is 0. The normalized spacial score (nSPS) is 16.5. The zero-order valence-electron chi connectivity index (χ0n) is 19.7. The molecule has 4 aromatic rings. The first-order valence-electron chi connectivity index (χ1n) is 12.7. The van der Waals surface area contributed by atoms with Crippen LogP contribution in [0, 0.1) is 5.92 Å². The Labute approximate surface area is 213 Å². The van der Waals surface area contributed by atoms with E-state index >= 15 is 0 Å². The van der Waals surface area contributed by atoms with Gasteiger partial charge in [-0.25, -0.2) is 4.98 Å². The molecule has 6 rings (SSSR count). The summed E-state index contributed by atoms with van der Waals surface area (Å²) in [6.07, 6.45) is 9.87. The highest BCUT2D eigenvalue weighted by Crippen LogP contribution is 2.35. The second kappa shape index (κ2) is 9.78. The van der Waals surface area contributed by atoms with E-state index in [1.165, 1.54) is 41.2 Å². The van der Waals surface area contributed by atoms with Crippen molar-refractivity contribution in [1.82, 2.24) is 9.55 Å². The van der Waals surface area contributed by atoms with Crippen molar-refractivity contribution in [3.63, 3.8) is 0 Å². The number of thiazole rings is 1. The minimum atomic E-state index is 0.119. The van der Waals surface area contributed by atoms with Gasteiger partial charge >= 0.3 is 0 Å². The second-order valence-corrected chi connectivity index (χ2v) is 11.9. The molecule has 1 fully saturated rings. The molecule has 1 saturated carbocycles. The molecule has 2 aromatic carbocycles. The summed E-state index contributed by atoms with van der Waals surface area (Å²) in [5, 5.41) is 4.33. The number of hydrogen-bond acceptors (Lipinski definition) is 5. The van der Waals surface area contributed by atoms with Gasteiger partial charge in [0.2, 0.25) is 11.8 Å². The van der Waals surface area contributed by atoms with Gasteiger partial charge in [0.1, 0.15) is 0 Å².